The molecule has 0 radical (unpaired) electrons. The topological polar surface area (TPSA) is 88.3 Å². The number of aryl methyl sites for hydroxylation is 3. The molecule has 2 unspecified atom stereocenters. The van der Waals surface area contributed by atoms with Gasteiger partial charge in [0.25, 0.3) is 5.91 Å². The summed E-state index contributed by atoms with van der Waals surface area (Å²) in [5.41, 5.74) is 2.73. The Morgan fingerprint density at radius 2 is 2.00 bits per heavy atom. The lowest BCUT2D eigenvalue weighted by Crippen LogP contribution is -2.45. The zero-order valence-electron chi connectivity index (χ0n) is 14.4. The third-order valence-electron chi connectivity index (χ3n) is 4.62. The van der Waals surface area contributed by atoms with E-state index in [9.17, 15) is 14.7 Å². The van der Waals surface area contributed by atoms with Gasteiger partial charge in [0.15, 0.2) is 5.65 Å². The lowest BCUT2D eigenvalue weighted by molar-refractivity contribution is -0.143. The first kappa shape index (κ1) is 16.4. The van der Waals surface area contributed by atoms with Crippen LogP contribution in [0.4, 0.5) is 0 Å². The number of carboxylic acid groups (broad SMARTS) is 1. The molecule has 1 aliphatic rings. The van der Waals surface area contributed by atoms with Gasteiger partial charge >= 0.3 is 5.97 Å². The molecule has 0 aliphatic carbocycles. The van der Waals surface area contributed by atoms with Crippen LogP contribution in [0.3, 0.4) is 0 Å². The molecule has 3 heterocycles. The number of piperidine rings is 1. The summed E-state index contributed by atoms with van der Waals surface area (Å²) in [4.78, 5) is 30.6. The minimum Gasteiger partial charge on any atom is -0.481 e. The van der Waals surface area contributed by atoms with Crippen molar-refractivity contribution in [3.05, 3.63) is 23.0 Å². The van der Waals surface area contributed by atoms with Gasteiger partial charge in [-0.2, -0.15) is 5.10 Å². The van der Waals surface area contributed by atoms with Crippen LogP contribution in [-0.2, 0) is 11.8 Å². The molecule has 1 fully saturated rings. The van der Waals surface area contributed by atoms with E-state index in [2.05, 4.69) is 10.1 Å². The minimum absolute atomic E-state index is 0.139. The van der Waals surface area contributed by atoms with Crippen LogP contribution >= 0.6 is 0 Å². The Morgan fingerprint density at radius 3 is 2.67 bits per heavy atom. The number of nitrogens with zero attached hydrogens (tertiary/aromatic N) is 4. The number of carboxylic acids is 1. The molecule has 0 bridgehead atoms. The van der Waals surface area contributed by atoms with Crippen molar-refractivity contribution in [3.63, 3.8) is 0 Å². The number of carbonyl (C=O) groups excluding carboxylic acids is 1. The maximum absolute atomic E-state index is 13.1. The highest BCUT2D eigenvalue weighted by molar-refractivity contribution is 6.06. The summed E-state index contributed by atoms with van der Waals surface area (Å²) in [6, 6.07) is 1.77. The van der Waals surface area contributed by atoms with E-state index in [4.69, 9.17) is 0 Å². The maximum atomic E-state index is 13.1. The Balaban J connectivity index is 2.04. The third kappa shape index (κ3) is 2.74. The highest BCUT2D eigenvalue weighted by atomic mass is 16.4. The Bertz CT molecular complexity index is 827. The van der Waals surface area contributed by atoms with Crippen LogP contribution in [0.5, 0.6) is 0 Å². The van der Waals surface area contributed by atoms with Crippen LogP contribution in [0.1, 0.15) is 35.1 Å². The molecular weight excluding hydrogens is 308 g/mol. The van der Waals surface area contributed by atoms with Crippen molar-refractivity contribution >= 4 is 22.9 Å². The summed E-state index contributed by atoms with van der Waals surface area (Å²) < 4.78 is 1.67. The van der Waals surface area contributed by atoms with Crippen molar-refractivity contribution in [2.75, 3.05) is 13.1 Å². The van der Waals surface area contributed by atoms with Gasteiger partial charge in [0.1, 0.15) is 0 Å². The van der Waals surface area contributed by atoms with E-state index in [-0.39, 0.29) is 18.4 Å². The Labute approximate surface area is 140 Å². The fraction of sp³-hybridized carbons (Fsp3) is 0.529. The van der Waals surface area contributed by atoms with Gasteiger partial charge in [0.2, 0.25) is 0 Å². The molecule has 0 aromatic carbocycles. The molecule has 7 nitrogen and oxygen atoms in total. The first-order valence-electron chi connectivity index (χ1n) is 8.11. The van der Waals surface area contributed by atoms with E-state index < -0.39 is 11.9 Å². The van der Waals surface area contributed by atoms with Crippen molar-refractivity contribution in [1.29, 1.82) is 0 Å². The Morgan fingerprint density at radius 1 is 1.29 bits per heavy atom. The first-order chi connectivity index (χ1) is 11.3. The fourth-order valence-electron chi connectivity index (χ4n) is 3.61. The molecule has 0 saturated carbocycles. The van der Waals surface area contributed by atoms with Crippen molar-refractivity contribution in [2.24, 2.45) is 18.9 Å². The molecule has 7 heteroatoms. The summed E-state index contributed by atoms with van der Waals surface area (Å²) >= 11 is 0. The number of likely N-dealkylation sites (tertiary alicyclic amines) is 1. The molecule has 0 spiro atoms. The van der Waals surface area contributed by atoms with E-state index in [0.717, 1.165) is 16.8 Å². The van der Waals surface area contributed by atoms with E-state index in [1.807, 2.05) is 20.8 Å². The second-order valence-electron chi connectivity index (χ2n) is 6.80. The average molecular weight is 330 g/mol. The van der Waals surface area contributed by atoms with Gasteiger partial charge in [0.05, 0.1) is 22.6 Å². The largest absolute Gasteiger partial charge is 0.481 e. The standard InChI is InChI=1S/C17H22N4O3/c1-9-5-12(17(23)24)8-21(7-9)16(22)13-6-10(2)18-15-14(13)11(3)19-20(15)4/h6,9,12H,5,7-8H2,1-4H3,(H,23,24). The van der Waals surface area contributed by atoms with Crippen LogP contribution in [0, 0.1) is 25.7 Å². The fourth-order valence-corrected chi connectivity index (χ4v) is 3.61. The number of carbonyl (C=O) groups is 2. The molecule has 1 N–H and O–H groups in total. The Kier molecular flexibility index (Phi) is 4.03. The van der Waals surface area contributed by atoms with Gasteiger partial charge in [-0.3, -0.25) is 14.3 Å². The number of hydrogen-bond donors (Lipinski definition) is 1. The summed E-state index contributed by atoms with van der Waals surface area (Å²) in [5, 5.41) is 14.4. The van der Waals surface area contributed by atoms with E-state index in [1.54, 1.807) is 22.7 Å². The molecule has 1 aliphatic heterocycles. The molecule has 1 amide bonds. The average Bonchev–Trinajstić information content (AvgIpc) is 2.79. The van der Waals surface area contributed by atoms with Gasteiger partial charge in [0, 0.05) is 25.8 Å². The number of fused-ring (bicyclic) bond motifs is 1. The normalized spacial score (nSPS) is 21.2. The quantitative estimate of drug-likeness (QED) is 0.906. The predicted molar refractivity (Wildman–Crippen MR) is 88.8 cm³/mol. The predicted octanol–water partition coefficient (Wildman–Crippen LogP) is 1.77. The van der Waals surface area contributed by atoms with Gasteiger partial charge in [-0.05, 0) is 32.3 Å². The van der Waals surface area contributed by atoms with Crippen molar-refractivity contribution < 1.29 is 14.7 Å². The maximum Gasteiger partial charge on any atom is 0.308 e. The molecule has 2 atom stereocenters. The molecule has 2 aromatic heterocycles. The van der Waals surface area contributed by atoms with Crippen LogP contribution in [0.25, 0.3) is 11.0 Å². The Hall–Kier alpha value is -2.44. The minimum atomic E-state index is -0.840. The van der Waals surface area contributed by atoms with Gasteiger partial charge in [-0.15, -0.1) is 0 Å². The van der Waals surface area contributed by atoms with Crippen LogP contribution in [0.15, 0.2) is 6.07 Å². The number of aromatic nitrogens is 3. The van der Waals surface area contributed by atoms with Crippen molar-refractivity contribution in [2.45, 2.75) is 27.2 Å². The van der Waals surface area contributed by atoms with Crippen LogP contribution in [-0.4, -0.2) is 49.7 Å². The van der Waals surface area contributed by atoms with Crippen LogP contribution in [0.2, 0.25) is 0 Å². The number of amides is 1. The van der Waals surface area contributed by atoms with Gasteiger partial charge in [-0.1, -0.05) is 6.92 Å². The zero-order chi connectivity index (χ0) is 17.6. The second kappa shape index (κ2) is 5.89. The summed E-state index contributed by atoms with van der Waals surface area (Å²) in [6.45, 7) is 6.51. The number of hydrogen-bond acceptors (Lipinski definition) is 4. The van der Waals surface area contributed by atoms with E-state index >= 15 is 0 Å². The molecule has 128 valence electrons. The SMILES string of the molecule is Cc1cc(C(=O)N2CC(C)CC(C(=O)O)C2)c2c(C)nn(C)c2n1. The van der Waals surface area contributed by atoms with E-state index in [1.165, 1.54) is 0 Å². The number of aliphatic carboxylic acids is 1. The number of pyridine rings is 1. The molecule has 1 saturated heterocycles. The monoisotopic (exact) mass is 330 g/mol. The van der Waals surface area contributed by atoms with Gasteiger partial charge < -0.3 is 10.0 Å². The first-order valence-corrected chi connectivity index (χ1v) is 8.11. The molecule has 2 aromatic rings. The highest BCUT2D eigenvalue weighted by Crippen LogP contribution is 2.27. The molecular formula is C17H22N4O3. The number of rotatable bonds is 2. The van der Waals surface area contributed by atoms with Crippen molar-refractivity contribution in [1.82, 2.24) is 19.7 Å². The zero-order valence-corrected chi connectivity index (χ0v) is 14.4. The summed E-state index contributed by atoms with van der Waals surface area (Å²) in [7, 11) is 1.81. The van der Waals surface area contributed by atoms with Gasteiger partial charge in [-0.25, -0.2) is 4.98 Å². The lowest BCUT2D eigenvalue weighted by Gasteiger charge is -2.34. The third-order valence-corrected chi connectivity index (χ3v) is 4.62. The van der Waals surface area contributed by atoms with E-state index in [0.29, 0.717) is 24.2 Å². The molecule has 3 rings (SSSR count). The molecule has 24 heavy (non-hydrogen) atoms. The summed E-state index contributed by atoms with van der Waals surface area (Å²) in [5.74, 6) is -1.32. The second-order valence-corrected chi connectivity index (χ2v) is 6.80. The highest BCUT2D eigenvalue weighted by Gasteiger charge is 2.33. The summed E-state index contributed by atoms with van der Waals surface area (Å²) in [6.07, 6.45) is 0.607. The smallest absolute Gasteiger partial charge is 0.308 e. The van der Waals surface area contributed by atoms with Crippen LogP contribution < -0.4 is 0 Å². The lowest BCUT2D eigenvalue weighted by atomic mass is 9.90. The van der Waals surface area contributed by atoms with Crippen molar-refractivity contribution in [3.8, 4) is 0 Å².